The van der Waals surface area contributed by atoms with Gasteiger partial charge in [-0.2, -0.15) is 0 Å². The normalized spacial score (nSPS) is 12.2. The van der Waals surface area contributed by atoms with E-state index in [2.05, 4.69) is 5.32 Å². The van der Waals surface area contributed by atoms with Crippen LogP contribution in [0.2, 0.25) is 0 Å². The van der Waals surface area contributed by atoms with E-state index in [9.17, 15) is 9.90 Å². The number of fused-ring (bicyclic) bond motifs is 1. The van der Waals surface area contributed by atoms with Crippen LogP contribution in [0.1, 0.15) is 31.9 Å². The van der Waals surface area contributed by atoms with Gasteiger partial charge in [-0.3, -0.25) is 4.79 Å². The van der Waals surface area contributed by atoms with E-state index in [0.717, 1.165) is 11.1 Å². The largest absolute Gasteiger partial charge is 0.491 e. The highest BCUT2D eigenvalue weighted by Crippen LogP contribution is 2.34. The number of ether oxygens (including phenoxy) is 3. The second-order valence-corrected chi connectivity index (χ2v) is 11.4. The molecule has 0 bridgehead atoms. The topological polar surface area (TPSA) is 90.2 Å². The summed E-state index contributed by atoms with van der Waals surface area (Å²) in [6, 6.07) is 32.0. The van der Waals surface area contributed by atoms with Crippen molar-refractivity contribution in [3.8, 4) is 28.6 Å². The molecule has 0 amide bonds. The van der Waals surface area contributed by atoms with E-state index in [0.29, 0.717) is 46.9 Å². The molecule has 5 aromatic rings. The standard InChI is InChI=1S/C36H37NO6/c1-36(2,3)37-21-28(38)24-41-30-17-18-31-32(20-30)43-34(35(33(31)39)42-23-26-13-8-5-9-14-26)27-15-10-16-29(19-27)40-22-25-11-6-4-7-12-25/h4-20,28,37-38H,21-24H2,1-3H3. The highest BCUT2D eigenvalue weighted by atomic mass is 16.5. The van der Waals surface area contributed by atoms with E-state index < -0.39 is 6.10 Å². The summed E-state index contributed by atoms with van der Waals surface area (Å²) in [5.74, 6) is 1.53. The Bertz CT molecular complexity index is 1690. The third kappa shape index (κ3) is 8.25. The Morgan fingerprint density at radius 3 is 2.09 bits per heavy atom. The first-order valence-corrected chi connectivity index (χ1v) is 14.4. The van der Waals surface area contributed by atoms with Gasteiger partial charge in [0.25, 0.3) is 0 Å². The number of rotatable bonds is 12. The highest BCUT2D eigenvalue weighted by molar-refractivity contribution is 5.83. The third-order valence-corrected chi connectivity index (χ3v) is 6.70. The Labute approximate surface area is 251 Å². The minimum atomic E-state index is -0.704. The maximum atomic E-state index is 13.8. The third-order valence-electron chi connectivity index (χ3n) is 6.70. The summed E-state index contributed by atoms with van der Waals surface area (Å²) in [4.78, 5) is 13.8. The van der Waals surface area contributed by atoms with Crippen LogP contribution in [0.3, 0.4) is 0 Å². The zero-order chi connectivity index (χ0) is 30.2. The lowest BCUT2D eigenvalue weighted by molar-refractivity contribution is 0.100. The monoisotopic (exact) mass is 579 g/mol. The van der Waals surface area contributed by atoms with E-state index in [-0.39, 0.29) is 29.9 Å². The Morgan fingerprint density at radius 2 is 1.42 bits per heavy atom. The summed E-state index contributed by atoms with van der Waals surface area (Å²) >= 11 is 0. The van der Waals surface area contributed by atoms with Gasteiger partial charge in [0.15, 0.2) is 5.76 Å². The predicted molar refractivity (Wildman–Crippen MR) is 169 cm³/mol. The minimum Gasteiger partial charge on any atom is -0.491 e. The van der Waals surface area contributed by atoms with Gasteiger partial charge in [-0.15, -0.1) is 0 Å². The first-order chi connectivity index (χ1) is 20.7. The molecule has 7 heteroatoms. The Morgan fingerprint density at radius 1 is 0.767 bits per heavy atom. The molecule has 1 unspecified atom stereocenters. The summed E-state index contributed by atoms with van der Waals surface area (Å²) < 4.78 is 24.4. The number of benzene rings is 4. The number of hydrogen-bond donors (Lipinski definition) is 2. The summed E-state index contributed by atoms with van der Waals surface area (Å²) in [6.07, 6.45) is -0.704. The van der Waals surface area contributed by atoms with E-state index in [1.807, 2.05) is 106 Å². The fourth-order valence-electron chi connectivity index (χ4n) is 4.44. The SMILES string of the molecule is CC(C)(C)NCC(O)COc1ccc2c(=O)c(OCc3ccccc3)c(-c3cccc(OCc4ccccc4)c3)oc2c1. The number of β-amino-alcohol motifs (C(OH)–C–C–N with tert-alkyl or cyclic N) is 1. The van der Waals surface area contributed by atoms with Crippen LogP contribution in [0, 0.1) is 0 Å². The van der Waals surface area contributed by atoms with Crippen LogP contribution >= 0.6 is 0 Å². The quantitative estimate of drug-likeness (QED) is 0.169. The zero-order valence-electron chi connectivity index (χ0n) is 24.7. The van der Waals surface area contributed by atoms with Crippen LogP contribution in [0.25, 0.3) is 22.3 Å². The first-order valence-electron chi connectivity index (χ1n) is 14.4. The van der Waals surface area contributed by atoms with E-state index in [4.69, 9.17) is 18.6 Å². The van der Waals surface area contributed by atoms with Crippen LogP contribution in [0.5, 0.6) is 17.2 Å². The second kappa shape index (κ2) is 13.6. The molecule has 0 saturated carbocycles. The first kappa shape index (κ1) is 29.9. The molecule has 0 radical (unpaired) electrons. The molecule has 222 valence electrons. The molecule has 0 fully saturated rings. The van der Waals surface area contributed by atoms with Crippen LogP contribution in [0.15, 0.2) is 112 Å². The lowest BCUT2D eigenvalue weighted by atomic mass is 10.1. The van der Waals surface area contributed by atoms with Crippen molar-refractivity contribution in [1.82, 2.24) is 5.32 Å². The molecule has 2 N–H and O–H groups in total. The molecular formula is C36H37NO6. The Balaban J connectivity index is 1.45. The minimum absolute atomic E-state index is 0.0880. The van der Waals surface area contributed by atoms with E-state index in [1.165, 1.54) is 0 Å². The average Bonchev–Trinajstić information content (AvgIpc) is 3.02. The van der Waals surface area contributed by atoms with Crippen LogP contribution in [-0.4, -0.2) is 29.9 Å². The molecule has 0 aliphatic rings. The van der Waals surface area contributed by atoms with E-state index in [1.54, 1.807) is 18.2 Å². The summed E-state index contributed by atoms with van der Waals surface area (Å²) in [5, 5.41) is 14.0. The molecule has 1 heterocycles. The summed E-state index contributed by atoms with van der Waals surface area (Å²) in [7, 11) is 0. The zero-order valence-corrected chi connectivity index (χ0v) is 24.7. The number of nitrogens with one attached hydrogen (secondary N) is 1. The summed E-state index contributed by atoms with van der Waals surface area (Å²) in [5.41, 5.74) is 2.56. The highest BCUT2D eigenvalue weighted by Gasteiger charge is 2.20. The Hall–Kier alpha value is -4.59. The molecule has 0 spiro atoms. The maximum absolute atomic E-state index is 13.8. The van der Waals surface area contributed by atoms with Gasteiger partial charge in [0, 0.05) is 23.7 Å². The van der Waals surface area contributed by atoms with Gasteiger partial charge in [-0.1, -0.05) is 72.8 Å². The molecule has 4 aromatic carbocycles. The van der Waals surface area contributed by atoms with Crippen LogP contribution < -0.4 is 25.0 Å². The molecule has 7 nitrogen and oxygen atoms in total. The van der Waals surface area contributed by atoms with Crippen molar-refractivity contribution in [3.05, 3.63) is 124 Å². The van der Waals surface area contributed by atoms with Crippen molar-refractivity contribution < 1.29 is 23.7 Å². The van der Waals surface area contributed by atoms with Crippen molar-refractivity contribution in [2.75, 3.05) is 13.2 Å². The van der Waals surface area contributed by atoms with E-state index >= 15 is 0 Å². The van der Waals surface area contributed by atoms with Gasteiger partial charge in [0.05, 0.1) is 5.39 Å². The molecule has 43 heavy (non-hydrogen) atoms. The fraction of sp³-hybridized carbons (Fsp3) is 0.250. The van der Waals surface area contributed by atoms with Crippen molar-refractivity contribution >= 4 is 11.0 Å². The maximum Gasteiger partial charge on any atom is 0.235 e. The predicted octanol–water partition coefficient (Wildman–Crippen LogP) is 6.75. The average molecular weight is 580 g/mol. The molecule has 1 atom stereocenters. The Kier molecular flexibility index (Phi) is 9.45. The molecular weight excluding hydrogens is 542 g/mol. The summed E-state index contributed by atoms with van der Waals surface area (Å²) in [6.45, 7) is 7.19. The lowest BCUT2D eigenvalue weighted by Crippen LogP contribution is -2.42. The van der Waals surface area contributed by atoms with Gasteiger partial charge < -0.3 is 29.1 Å². The fourth-order valence-corrected chi connectivity index (χ4v) is 4.44. The molecule has 0 aliphatic carbocycles. The molecule has 0 aliphatic heterocycles. The van der Waals surface area contributed by atoms with Crippen molar-refractivity contribution in [3.63, 3.8) is 0 Å². The van der Waals surface area contributed by atoms with Crippen LogP contribution in [-0.2, 0) is 13.2 Å². The second-order valence-electron chi connectivity index (χ2n) is 11.4. The van der Waals surface area contributed by atoms with Gasteiger partial charge in [0.2, 0.25) is 11.2 Å². The van der Waals surface area contributed by atoms with Crippen molar-refractivity contribution in [1.29, 1.82) is 0 Å². The van der Waals surface area contributed by atoms with Gasteiger partial charge in [-0.05, 0) is 56.2 Å². The molecule has 5 rings (SSSR count). The van der Waals surface area contributed by atoms with Crippen molar-refractivity contribution in [2.24, 2.45) is 0 Å². The number of aliphatic hydroxyl groups is 1. The van der Waals surface area contributed by atoms with Gasteiger partial charge in [0.1, 0.15) is 43.0 Å². The van der Waals surface area contributed by atoms with Crippen molar-refractivity contribution in [2.45, 2.75) is 45.6 Å². The molecule has 0 saturated heterocycles. The molecule has 1 aromatic heterocycles. The van der Waals surface area contributed by atoms with Crippen LogP contribution in [0.4, 0.5) is 0 Å². The number of hydrogen-bond acceptors (Lipinski definition) is 7. The van der Waals surface area contributed by atoms with Gasteiger partial charge >= 0.3 is 0 Å². The smallest absolute Gasteiger partial charge is 0.235 e. The van der Waals surface area contributed by atoms with Gasteiger partial charge in [-0.25, -0.2) is 0 Å². The lowest BCUT2D eigenvalue weighted by Gasteiger charge is -2.23. The number of aliphatic hydroxyl groups excluding tert-OH is 1.